The Morgan fingerprint density at radius 1 is 1.29 bits per heavy atom. The molecule has 0 bridgehead atoms. The maximum atomic E-state index is 11.9. The van der Waals surface area contributed by atoms with E-state index in [4.69, 9.17) is 5.73 Å². The summed E-state index contributed by atoms with van der Waals surface area (Å²) in [4.78, 5) is 10.6. The Morgan fingerprint density at radius 3 is 2.36 bits per heavy atom. The number of carbonyl (C=O) groups excluding carboxylic acids is 1. The van der Waals surface area contributed by atoms with E-state index in [-0.39, 0.29) is 11.3 Å². The van der Waals surface area contributed by atoms with Crippen LogP contribution in [0.4, 0.5) is 18.9 Å². The van der Waals surface area contributed by atoms with Gasteiger partial charge in [0, 0.05) is 12.1 Å². The molecule has 0 amide bonds. The van der Waals surface area contributed by atoms with Crippen molar-refractivity contribution in [2.45, 2.75) is 12.6 Å². The maximum Gasteiger partial charge on any atom is 0.450 e. The number of halogens is 3. The Balaban J connectivity index is 2.80. The largest absolute Gasteiger partial charge is 0.450 e. The summed E-state index contributed by atoms with van der Waals surface area (Å²) in [6, 6.07) is 5.99. The summed E-state index contributed by atoms with van der Waals surface area (Å²) in [5.41, 5.74) is 5.80. The fourth-order valence-corrected chi connectivity index (χ4v) is 0.968. The molecule has 0 aliphatic heterocycles. The second-order valence-electron chi connectivity index (χ2n) is 2.80. The quantitative estimate of drug-likeness (QED) is 0.746. The summed E-state index contributed by atoms with van der Waals surface area (Å²) < 4.78 is 35.6. The van der Waals surface area contributed by atoms with Crippen LogP contribution >= 0.6 is 0 Å². The zero-order valence-electron chi connectivity index (χ0n) is 7.14. The number of para-hydroxylation sites is 1. The van der Waals surface area contributed by atoms with Crippen molar-refractivity contribution < 1.29 is 18.0 Å². The molecule has 0 atom stereocenters. The minimum absolute atomic E-state index is 0.199. The van der Waals surface area contributed by atoms with Gasteiger partial charge >= 0.3 is 6.18 Å². The van der Waals surface area contributed by atoms with E-state index < -0.39 is 18.4 Å². The van der Waals surface area contributed by atoms with E-state index in [1.165, 1.54) is 18.2 Å². The zero-order chi connectivity index (χ0) is 10.8. The maximum absolute atomic E-state index is 11.9. The summed E-state index contributed by atoms with van der Waals surface area (Å²) in [6.07, 6.45) is -5.49. The van der Waals surface area contributed by atoms with Crippen molar-refractivity contribution in [1.29, 1.82) is 0 Å². The van der Waals surface area contributed by atoms with Crippen LogP contribution in [-0.4, -0.2) is 12.0 Å². The van der Waals surface area contributed by atoms with Crippen molar-refractivity contribution in [3.8, 4) is 0 Å². The standard InChI is InChI=1S/C9H8F3NO/c10-9(11,12)8(14)5-6-3-1-2-4-7(6)13/h1-4H,5,13H2. The summed E-state index contributed by atoms with van der Waals surface area (Å²) in [5.74, 6) is -1.78. The molecule has 0 spiro atoms. The fourth-order valence-electron chi connectivity index (χ4n) is 0.968. The van der Waals surface area contributed by atoms with Gasteiger partial charge in [-0.15, -0.1) is 0 Å². The summed E-state index contributed by atoms with van der Waals surface area (Å²) in [6.45, 7) is 0. The molecule has 2 nitrogen and oxygen atoms in total. The Hall–Kier alpha value is -1.52. The molecule has 0 saturated heterocycles. The molecule has 0 heterocycles. The van der Waals surface area contributed by atoms with E-state index in [1.807, 2.05) is 0 Å². The molecule has 1 aromatic carbocycles. The number of Topliss-reactive ketones (excluding diaryl/α,β-unsaturated/α-hetero) is 1. The van der Waals surface area contributed by atoms with Gasteiger partial charge in [0.2, 0.25) is 5.78 Å². The molecule has 2 N–H and O–H groups in total. The second kappa shape index (κ2) is 3.69. The van der Waals surface area contributed by atoms with Crippen molar-refractivity contribution in [3.63, 3.8) is 0 Å². The zero-order valence-corrected chi connectivity index (χ0v) is 7.14. The molecule has 0 radical (unpaired) electrons. The Morgan fingerprint density at radius 2 is 1.86 bits per heavy atom. The SMILES string of the molecule is Nc1ccccc1CC(=O)C(F)(F)F. The van der Waals surface area contributed by atoms with E-state index in [2.05, 4.69) is 0 Å². The third-order valence-electron chi connectivity index (χ3n) is 1.72. The predicted octanol–water partition coefficient (Wildman–Crippen LogP) is 1.94. The van der Waals surface area contributed by atoms with Crippen molar-refractivity contribution in [3.05, 3.63) is 29.8 Å². The molecule has 1 rings (SSSR count). The van der Waals surface area contributed by atoms with E-state index >= 15 is 0 Å². The van der Waals surface area contributed by atoms with Gasteiger partial charge in [0.15, 0.2) is 0 Å². The predicted molar refractivity (Wildman–Crippen MR) is 45.6 cm³/mol. The number of nitrogens with two attached hydrogens (primary N) is 1. The van der Waals surface area contributed by atoms with Crippen LogP contribution in [0.5, 0.6) is 0 Å². The molecule has 0 saturated carbocycles. The smallest absolute Gasteiger partial charge is 0.398 e. The molecule has 76 valence electrons. The van der Waals surface area contributed by atoms with Gasteiger partial charge in [-0.1, -0.05) is 18.2 Å². The van der Waals surface area contributed by atoms with Crippen molar-refractivity contribution in [1.82, 2.24) is 0 Å². The van der Waals surface area contributed by atoms with Gasteiger partial charge in [-0.05, 0) is 11.6 Å². The van der Waals surface area contributed by atoms with E-state index in [0.29, 0.717) is 0 Å². The highest BCUT2D eigenvalue weighted by molar-refractivity contribution is 5.87. The number of hydrogen-bond acceptors (Lipinski definition) is 2. The second-order valence-corrected chi connectivity index (χ2v) is 2.80. The van der Waals surface area contributed by atoms with Gasteiger partial charge in [0.05, 0.1) is 0 Å². The number of ketones is 1. The van der Waals surface area contributed by atoms with Crippen LogP contribution in [0.3, 0.4) is 0 Å². The lowest BCUT2D eigenvalue weighted by Gasteiger charge is -2.06. The third-order valence-corrected chi connectivity index (χ3v) is 1.72. The van der Waals surface area contributed by atoms with Gasteiger partial charge in [-0.2, -0.15) is 13.2 Å². The molecule has 0 aliphatic carbocycles. The van der Waals surface area contributed by atoms with Crippen molar-refractivity contribution >= 4 is 11.5 Å². The molecule has 0 aromatic heterocycles. The topological polar surface area (TPSA) is 43.1 Å². The molecule has 0 fully saturated rings. The van der Waals surface area contributed by atoms with Crippen LogP contribution < -0.4 is 5.73 Å². The first kappa shape index (κ1) is 10.6. The number of alkyl halides is 3. The van der Waals surface area contributed by atoms with Crippen LogP contribution in [-0.2, 0) is 11.2 Å². The minimum atomic E-state index is -4.79. The Kier molecular flexibility index (Phi) is 2.78. The van der Waals surface area contributed by atoms with Gasteiger partial charge in [-0.3, -0.25) is 4.79 Å². The van der Waals surface area contributed by atoms with Gasteiger partial charge in [0.25, 0.3) is 0 Å². The normalized spacial score (nSPS) is 11.4. The lowest BCUT2D eigenvalue weighted by molar-refractivity contribution is -0.170. The number of anilines is 1. The van der Waals surface area contributed by atoms with Gasteiger partial charge in [0.1, 0.15) is 0 Å². The molecule has 0 aliphatic rings. The summed E-state index contributed by atoms with van der Waals surface area (Å²) in [5, 5.41) is 0. The Labute approximate surface area is 78.5 Å². The molecule has 14 heavy (non-hydrogen) atoms. The molecular weight excluding hydrogens is 195 g/mol. The number of nitrogen functional groups attached to an aromatic ring is 1. The molecule has 0 unspecified atom stereocenters. The number of benzene rings is 1. The average Bonchev–Trinajstić information content (AvgIpc) is 2.07. The molecule has 1 aromatic rings. The highest BCUT2D eigenvalue weighted by Gasteiger charge is 2.37. The van der Waals surface area contributed by atoms with Crippen molar-refractivity contribution in [2.24, 2.45) is 0 Å². The fraction of sp³-hybridized carbons (Fsp3) is 0.222. The van der Waals surface area contributed by atoms with Crippen LogP contribution in [0.25, 0.3) is 0 Å². The minimum Gasteiger partial charge on any atom is -0.398 e. The van der Waals surface area contributed by atoms with Crippen molar-refractivity contribution in [2.75, 3.05) is 5.73 Å². The molecule has 5 heteroatoms. The number of hydrogen-bond donors (Lipinski definition) is 1. The average molecular weight is 203 g/mol. The monoisotopic (exact) mass is 203 g/mol. The third kappa shape index (κ3) is 2.48. The van der Waals surface area contributed by atoms with Crippen LogP contribution in [0.15, 0.2) is 24.3 Å². The first-order valence-electron chi connectivity index (χ1n) is 3.84. The van der Waals surface area contributed by atoms with Gasteiger partial charge < -0.3 is 5.73 Å². The highest BCUT2D eigenvalue weighted by atomic mass is 19.4. The number of carbonyl (C=O) groups is 1. The van der Waals surface area contributed by atoms with Crippen LogP contribution in [0, 0.1) is 0 Å². The van der Waals surface area contributed by atoms with Crippen LogP contribution in [0.2, 0.25) is 0 Å². The van der Waals surface area contributed by atoms with Gasteiger partial charge in [-0.25, -0.2) is 0 Å². The summed E-state index contributed by atoms with van der Waals surface area (Å²) >= 11 is 0. The van der Waals surface area contributed by atoms with E-state index in [0.717, 1.165) is 0 Å². The lowest BCUT2D eigenvalue weighted by Crippen LogP contribution is -2.24. The number of rotatable bonds is 2. The Bertz CT molecular complexity index is 346. The van der Waals surface area contributed by atoms with E-state index in [1.54, 1.807) is 6.07 Å². The first-order chi connectivity index (χ1) is 6.41. The van der Waals surface area contributed by atoms with E-state index in [9.17, 15) is 18.0 Å². The molecular formula is C9H8F3NO. The first-order valence-corrected chi connectivity index (χ1v) is 3.84. The lowest BCUT2D eigenvalue weighted by atomic mass is 10.1. The van der Waals surface area contributed by atoms with Crippen LogP contribution in [0.1, 0.15) is 5.56 Å². The highest BCUT2D eigenvalue weighted by Crippen LogP contribution is 2.20. The summed E-state index contributed by atoms with van der Waals surface area (Å²) in [7, 11) is 0.